The number of primary amides is 1. The standard InChI is InChI=1S/C16H22N2O3/c1-11(18-9-4-3-8-15(17)19)14-10-12-6-5-7-13(20-2)16(12)21-14/h5-7,10-11,18H,3-4,8-9H2,1-2H3,(H2,17,19). The van der Waals surface area contributed by atoms with E-state index in [2.05, 4.69) is 12.2 Å². The molecule has 1 unspecified atom stereocenters. The minimum Gasteiger partial charge on any atom is -0.493 e. The van der Waals surface area contributed by atoms with Crippen molar-refractivity contribution in [3.63, 3.8) is 0 Å². The smallest absolute Gasteiger partial charge is 0.217 e. The molecule has 0 saturated carbocycles. The fourth-order valence-electron chi connectivity index (χ4n) is 2.27. The molecule has 2 rings (SSSR count). The van der Waals surface area contributed by atoms with Crippen LogP contribution < -0.4 is 15.8 Å². The molecule has 1 atom stereocenters. The molecule has 3 N–H and O–H groups in total. The summed E-state index contributed by atoms with van der Waals surface area (Å²) in [4.78, 5) is 10.7. The van der Waals surface area contributed by atoms with Gasteiger partial charge in [-0.2, -0.15) is 0 Å². The van der Waals surface area contributed by atoms with Gasteiger partial charge in [-0.3, -0.25) is 4.79 Å². The van der Waals surface area contributed by atoms with Crippen molar-refractivity contribution in [2.75, 3.05) is 13.7 Å². The normalized spacial score (nSPS) is 12.5. The quantitative estimate of drug-likeness (QED) is 0.733. The zero-order valence-electron chi connectivity index (χ0n) is 12.5. The number of para-hydroxylation sites is 1. The molecule has 21 heavy (non-hydrogen) atoms. The molecule has 0 radical (unpaired) electrons. The molecular formula is C16H22N2O3. The van der Waals surface area contributed by atoms with Gasteiger partial charge in [0.25, 0.3) is 0 Å². The number of hydrogen-bond acceptors (Lipinski definition) is 4. The third-order valence-electron chi connectivity index (χ3n) is 3.47. The molecule has 0 bridgehead atoms. The van der Waals surface area contributed by atoms with Gasteiger partial charge in [-0.15, -0.1) is 0 Å². The second kappa shape index (κ2) is 7.13. The Morgan fingerprint density at radius 3 is 2.95 bits per heavy atom. The molecular weight excluding hydrogens is 268 g/mol. The van der Waals surface area contributed by atoms with Gasteiger partial charge in [0.15, 0.2) is 11.3 Å². The lowest BCUT2D eigenvalue weighted by atomic mass is 10.2. The van der Waals surface area contributed by atoms with E-state index in [9.17, 15) is 4.79 Å². The highest BCUT2D eigenvalue weighted by Gasteiger charge is 2.13. The van der Waals surface area contributed by atoms with E-state index in [1.54, 1.807) is 7.11 Å². The van der Waals surface area contributed by atoms with Gasteiger partial charge >= 0.3 is 0 Å². The molecule has 1 amide bonds. The van der Waals surface area contributed by atoms with Gasteiger partial charge in [0.2, 0.25) is 5.91 Å². The number of furan rings is 1. The number of amides is 1. The van der Waals surface area contributed by atoms with Crippen molar-refractivity contribution in [2.24, 2.45) is 5.73 Å². The Hall–Kier alpha value is -2.01. The van der Waals surface area contributed by atoms with E-state index < -0.39 is 0 Å². The van der Waals surface area contributed by atoms with Gasteiger partial charge in [0, 0.05) is 11.8 Å². The van der Waals surface area contributed by atoms with Crippen molar-refractivity contribution in [3.8, 4) is 5.75 Å². The lowest BCUT2D eigenvalue weighted by Gasteiger charge is -2.10. The molecule has 1 aromatic heterocycles. The number of benzene rings is 1. The molecule has 0 saturated heterocycles. The molecule has 2 aromatic rings. The zero-order valence-corrected chi connectivity index (χ0v) is 12.5. The van der Waals surface area contributed by atoms with Crippen molar-refractivity contribution in [1.82, 2.24) is 5.32 Å². The van der Waals surface area contributed by atoms with E-state index >= 15 is 0 Å². The Balaban J connectivity index is 1.93. The second-order valence-electron chi connectivity index (χ2n) is 5.13. The minimum atomic E-state index is -0.243. The average molecular weight is 290 g/mol. The molecule has 114 valence electrons. The number of fused-ring (bicyclic) bond motifs is 1. The molecule has 0 spiro atoms. The van der Waals surface area contributed by atoms with Gasteiger partial charge < -0.3 is 20.2 Å². The topological polar surface area (TPSA) is 77.5 Å². The number of carbonyl (C=O) groups excluding carboxylic acids is 1. The maximum absolute atomic E-state index is 10.7. The molecule has 5 nitrogen and oxygen atoms in total. The van der Waals surface area contributed by atoms with Crippen molar-refractivity contribution >= 4 is 16.9 Å². The van der Waals surface area contributed by atoms with Gasteiger partial charge in [0.1, 0.15) is 5.76 Å². The first-order valence-electron chi connectivity index (χ1n) is 7.20. The number of hydrogen-bond donors (Lipinski definition) is 2. The predicted octanol–water partition coefficient (Wildman–Crippen LogP) is 2.75. The molecule has 0 aliphatic rings. The highest BCUT2D eigenvalue weighted by atomic mass is 16.5. The van der Waals surface area contributed by atoms with Crippen LogP contribution in [0.25, 0.3) is 11.0 Å². The third-order valence-corrected chi connectivity index (χ3v) is 3.47. The average Bonchev–Trinajstić information content (AvgIpc) is 2.90. The lowest BCUT2D eigenvalue weighted by molar-refractivity contribution is -0.118. The van der Waals surface area contributed by atoms with E-state index in [-0.39, 0.29) is 11.9 Å². The van der Waals surface area contributed by atoms with E-state index in [1.165, 1.54) is 0 Å². The summed E-state index contributed by atoms with van der Waals surface area (Å²) in [5, 5.41) is 4.42. The van der Waals surface area contributed by atoms with Crippen LogP contribution in [-0.4, -0.2) is 19.6 Å². The Bertz CT molecular complexity index is 607. The first kappa shape index (κ1) is 15.4. The zero-order chi connectivity index (χ0) is 15.2. The van der Waals surface area contributed by atoms with Crippen LogP contribution in [0.5, 0.6) is 5.75 Å². The fraction of sp³-hybridized carbons (Fsp3) is 0.438. The number of rotatable bonds is 8. The van der Waals surface area contributed by atoms with Crippen LogP contribution in [0.1, 0.15) is 38.0 Å². The number of methoxy groups -OCH3 is 1. The molecule has 0 aliphatic heterocycles. The summed E-state index contributed by atoms with van der Waals surface area (Å²) in [6.45, 7) is 2.88. The summed E-state index contributed by atoms with van der Waals surface area (Å²) in [6.07, 6.45) is 2.16. The summed E-state index contributed by atoms with van der Waals surface area (Å²) < 4.78 is 11.2. The van der Waals surface area contributed by atoms with Crippen LogP contribution in [0.4, 0.5) is 0 Å². The summed E-state index contributed by atoms with van der Waals surface area (Å²) in [7, 11) is 1.64. The predicted molar refractivity (Wildman–Crippen MR) is 82.2 cm³/mol. The van der Waals surface area contributed by atoms with E-state index in [1.807, 2.05) is 24.3 Å². The SMILES string of the molecule is COc1cccc2cc(C(C)NCCCCC(N)=O)oc12. The number of nitrogens with two attached hydrogens (primary N) is 1. The Morgan fingerprint density at radius 1 is 1.43 bits per heavy atom. The molecule has 5 heteroatoms. The van der Waals surface area contributed by atoms with Gasteiger partial charge in [0.05, 0.1) is 13.2 Å². The number of carbonyl (C=O) groups is 1. The maximum Gasteiger partial charge on any atom is 0.217 e. The molecule has 0 aliphatic carbocycles. The number of nitrogens with one attached hydrogen (secondary N) is 1. The van der Waals surface area contributed by atoms with Crippen molar-refractivity contribution in [1.29, 1.82) is 0 Å². The van der Waals surface area contributed by atoms with Crippen LogP contribution in [-0.2, 0) is 4.79 Å². The molecule has 1 aromatic carbocycles. The second-order valence-corrected chi connectivity index (χ2v) is 5.13. The fourth-order valence-corrected chi connectivity index (χ4v) is 2.27. The van der Waals surface area contributed by atoms with Crippen molar-refractivity contribution < 1.29 is 13.9 Å². The van der Waals surface area contributed by atoms with Crippen LogP contribution in [0.15, 0.2) is 28.7 Å². The van der Waals surface area contributed by atoms with Crippen LogP contribution in [0, 0.1) is 0 Å². The minimum absolute atomic E-state index is 0.107. The number of ether oxygens (including phenoxy) is 1. The van der Waals surface area contributed by atoms with Gasteiger partial charge in [-0.05, 0) is 38.4 Å². The highest BCUT2D eigenvalue weighted by Crippen LogP contribution is 2.30. The molecule has 1 heterocycles. The van der Waals surface area contributed by atoms with E-state index in [0.29, 0.717) is 6.42 Å². The maximum atomic E-state index is 10.7. The summed E-state index contributed by atoms with van der Waals surface area (Å²) in [6, 6.07) is 7.97. The van der Waals surface area contributed by atoms with Gasteiger partial charge in [-0.25, -0.2) is 0 Å². The lowest BCUT2D eigenvalue weighted by Crippen LogP contribution is -2.20. The van der Waals surface area contributed by atoms with E-state index in [0.717, 1.165) is 41.9 Å². The van der Waals surface area contributed by atoms with Crippen LogP contribution in [0.2, 0.25) is 0 Å². The summed E-state index contributed by atoms with van der Waals surface area (Å²) in [5.74, 6) is 1.38. The van der Waals surface area contributed by atoms with Crippen LogP contribution >= 0.6 is 0 Å². The first-order valence-corrected chi connectivity index (χ1v) is 7.20. The van der Waals surface area contributed by atoms with Gasteiger partial charge in [-0.1, -0.05) is 12.1 Å². The first-order chi connectivity index (χ1) is 10.1. The Morgan fingerprint density at radius 2 is 2.24 bits per heavy atom. The van der Waals surface area contributed by atoms with Crippen molar-refractivity contribution in [2.45, 2.75) is 32.2 Å². The number of unbranched alkanes of at least 4 members (excludes halogenated alkanes) is 1. The third kappa shape index (κ3) is 3.98. The Labute approximate surface area is 124 Å². The highest BCUT2D eigenvalue weighted by molar-refractivity contribution is 5.83. The summed E-state index contributed by atoms with van der Waals surface area (Å²) in [5.41, 5.74) is 5.89. The Kier molecular flexibility index (Phi) is 5.22. The van der Waals surface area contributed by atoms with Crippen LogP contribution in [0.3, 0.4) is 0 Å². The molecule has 0 fully saturated rings. The largest absolute Gasteiger partial charge is 0.493 e. The monoisotopic (exact) mass is 290 g/mol. The van der Waals surface area contributed by atoms with Crippen molar-refractivity contribution in [3.05, 3.63) is 30.0 Å². The summed E-state index contributed by atoms with van der Waals surface area (Å²) >= 11 is 0. The van der Waals surface area contributed by atoms with E-state index in [4.69, 9.17) is 14.9 Å².